The molecule has 2 aromatic rings. The number of hydrogen-bond donors (Lipinski definition) is 1. The second kappa shape index (κ2) is 9.41. The molecule has 1 N–H and O–H groups in total. The molecule has 2 amide bonds. The molecule has 0 saturated heterocycles. The molecule has 154 valence electrons. The van der Waals surface area contributed by atoms with Crippen LogP contribution in [0.15, 0.2) is 42.7 Å². The monoisotopic (exact) mass is 396 g/mol. The molecule has 0 spiro atoms. The minimum Gasteiger partial charge on any atom is -0.489 e. The van der Waals surface area contributed by atoms with E-state index >= 15 is 0 Å². The van der Waals surface area contributed by atoms with Gasteiger partial charge in [0.05, 0.1) is 18.2 Å². The third-order valence-electron chi connectivity index (χ3n) is 5.11. The van der Waals surface area contributed by atoms with Crippen LogP contribution >= 0.6 is 0 Å². The number of amides is 2. The third-order valence-corrected chi connectivity index (χ3v) is 5.11. The molecule has 1 aromatic carbocycles. The molecule has 29 heavy (non-hydrogen) atoms. The van der Waals surface area contributed by atoms with E-state index in [9.17, 15) is 9.59 Å². The van der Waals surface area contributed by atoms with Crippen LogP contribution in [0, 0.1) is 0 Å². The van der Waals surface area contributed by atoms with Crippen LogP contribution in [-0.2, 0) is 11.2 Å². The van der Waals surface area contributed by atoms with Gasteiger partial charge in [-0.05, 0) is 48.7 Å². The van der Waals surface area contributed by atoms with E-state index in [0.29, 0.717) is 25.1 Å². The number of ether oxygens (including phenoxy) is 1. The van der Waals surface area contributed by atoms with Gasteiger partial charge in [-0.3, -0.25) is 14.6 Å². The van der Waals surface area contributed by atoms with Crippen LogP contribution in [0.3, 0.4) is 0 Å². The first-order valence-electron chi connectivity index (χ1n) is 9.82. The summed E-state index contributed by atoms with van der Waals surface area (Å²) in [5, 5.41) is 2.99. The number of hydrogen-bond acceptors (Lipinski definition) is 5. The lowest BCUT2D eigenvalue weighted by molar-refractivity contribution is -0.121. The quantitative estimate of drug-likeness (QED) is 0.726. The fraction of sp³-hybridized carbons (Fsp3) is 0.409. The van der Waals surface area contributed by atoms with Crippen LogP contribution in [0.2, 0.25) is 0 Å². The number of likely N-dealkylation sites (N-methyl/N-ethyl adjacent to an activating group) is 1. The molecular weight excluding hydrogens is 368 g/mol. The summed E-state index contributed by atoms with van der Waals surface area (Å²) in [5.41, 5.74) is 2.65. The lowest BCUT2D eigenvalue weighted by atomic mass is 10.1. The van der Waals surface area contributed by atoms with Crippen LogP contribution in [0.25, 0.3) is 0 Å². The summed E-state index contributed by atoms with van der Waals surface area (Å²) in [5.74, 6) is 0.677. The van der Waals surface area contributed by atoms with Gasteiger partial charge in [0.1, 0.15) is 12.4 Å². The van der Waals surface area contributed by atoms with Crippen molar-refractivity contribution < 1.29 is 14.3 Å². The number of aryl methyl sites for hydroxylation is 1. The lowest BCUT2D eigenvalue weighted by Crippen LogP contribution is -2.44. The van der Waals surface area contributed by atoms with Gasteiger partial charge in [-0.1, -0.05) is 0 Å². The number of fused-ring (bicyclic) bond motifs is 1. The number of anilines is 1. The van der Waals surface area contributed by atoms with Crippen LogP contribution in [0.4, 0.5) is 5.69 Å². The third kappa shape index (κ3) is 5.25. The molecule has 0 saturated carbocycles. The molecule has 3 rings (SSSR count). The normalized spacial score (nSPS) is 15.3. The zero-order valence-corrected chi connectivity index (χ0v) is 17.2. The van der Waals surface area contributed by atoms with E-state index in [-0.39, 0.29) is 17.9 Å². The average molecular weight is 396 g/mol. The summed E-state index contributed by atoms with van der Waals surface area (Å²) in [7, 11) is 5.39. The Hall–Kier alpha value is -3.09. The molecule has 2 heterocycles. The van der Waals surface area contributed by atoms with Gasteiger partial charge in [0.25, 0.3) is 5.91 Å². The van der Waals surface area contributed by atoms with Crippen LogP contribution < -0.4 is 15.0 Å². The molecule has 1 aliphatic heterocycles. The Balaban J connectivity index is 1.52. The highest BCUT2D eigenvalue weighted by molar-refractivity contribution is 5.95. The Kier molecular flexibility index (Phi) is 6.69. The Morgan fingerprint density at radius 3 is 2.72 bits per heavy atom. The number of benzene rings is 1. The van der Waals surface area contributed by atoms with Crippen molar-refractivity contribution in [3.05, 3.63) is 53.9 Å². The van der Waals surface area contributed by atoms with Crippen molar-refractivity contribution in [1.29, 1.82) is 0 Å². The maximum atomic E-state index is 12.4. The van der Waals surface area contributed by atoms with Crippen molar-refractivity contribution in [2.24, 2.45) is 0 Å². The molecule has 1 atom stereocenters. The highest BCUT2D eigenvalue weighted by atomic mass is 16.5. The van der Waals surface area contributed by atoms with Crippen LogP contribution in [0.5, 0.6) is 5.75 Å². The van der Waals surface area contributed by atoms with E-state index in [1.54, 1.807) is 37.5 Å². The Bertz CT molecular complexity index is 854. The number of nitrogens with one attached hydrogen (secondary N) is 1. The van der Waals surface area contributed by atoms with Gasteiger partial charge in [-0.15, -0.1) is 0 Å². The SMILES string of the molecule is CN(C)C(=O)c1ccc2c(c1)N(C)[C@@H](CC(=O)NCCCc1ccncc1)CO2. The summed E-state index contributed by atoms with van der Waals surface area (Å²) in [4.78, 5) is 32.2. The van der Waals surface area contributed by atoms with E-state index < -0.39 is 0 Å². The minimum atomic E-state index is -0.0765. The zero-order chi connectivity index (χ0) is 20.8. The summed E-state index contributed by atoms with van der Waals surface area (Å²) in [6.45, 7) is 1.07. The predicted octanol–water partition coefficient (Wildman–Crippen LogP) is 2.12. The van der Waals surface area contributed by atoms with Gasteiger partial charge in [-0.25, -0.2) is 0 Å². The van der Waals surface area contributed by atoms with Gasteiger partial charge in [0.2, 0.25) is 5.91 Å². The molecule has 7 nitrogen and oxygen atoms in total. The van der Waals surface area contributed by atoms with Crippen molar-refractivity contribution in [2.45, 2.75) is 25.3 Å². The van der Waals surface area contributed by atoms with Crippen LogP contribution in [0.1, 0.15) is 28.8 Å². The Morgan fingerprint density at radius 1 is 1.24 bits per heavy atom. The van der Waals surface area contributed by atoms with Gasteiger partial charge < -0.3 is 19.9 Å². The maximum absolute atomic E-state index is 12.4. The fourth-order valence-corrected chi connectivity index (χ4v) is 3.35. The number of carbonyl (C=O) groups is 2. The summed E-state index contributed by atoms with van der Waals surface area (Å²) in [6, 6.07) is 9.32. The highest BCUT2D eigenvalue weighted by Gasteiger charge is 2.27. The van der Waals surface area contributed by atoms with E-state index in [1.165, 1.54) is 5.56 Å². The molecule has 1 aliphatic rings. The lowest BCUT2D eigenvalue weighted by Gasteiger charge is -2.35. The molecule has 0 bridgehead atoms. The van der Waals surface area contributed by atoms with Crippen molar-refractivity contribution >= 4 is 17.5 Å². The van der Waals surface area contributed by atoms with Crippen LogP contribution in [-0.4, -0.2) is 62.0 Å². The maximum Gasteiger partial charge on any atom is 0.253 e. The van der Waals surface area contributed by atoms with E-state index in [0.717, 1.165) is 24.3 Å². The number of aromatic nitrogens is 1. The highest BCUT2D eigenvalue weighted by Crippen LogP contribution is 2.34. The van der Waals surface area contributed by atoms with E-state index in [2.05, 4.69) is 10.3 Å². The first-order chi connectivity index (χ1) is 14.0. The Morgan fingerprint density at radius 2 is 2.00 bits per heavy atom. The topological polar surface area (TPSA) is 74.8 Å². The zero-order valence-electron chi connectivity index (χ0n) is 17.2. The van der Waals surface area contributed by atoms with E-state index in [1.807, 2.05) is 36.2 Å². The summed E-state index contributed by atoms with van der Waals surface area (Å²) in [6.07, 6.45) is 5.69. The number of carbonyl (C=O) groups excluding carboxylic acids is 2. The molecular formula is C22H28N4O3. The molecule has 0 radical (unpaired) electrons. The number of pyridine rings is 1. The second-order valence-corrected chi connectivity index (χ2v) is 7.47. The first-order valence-corrected chi connectivity index (χ1v) is 9.82. The second-order valence-electron chi connectivity index (χ2n) is 7.47. The van der Waals surface area contributed by atoms with E-state index in [4.69, 9.17) is 4.74 Å². The molecule has 7 heteroatoms. The standard InChI is InChI=1S/C22H28N4O3/c1-25(2)22(28)17-6-7-20-19(13-17)26(3)18(15-29-20)14-21(27)24-10-4-5-16-8-11-23-12-9-16/h6-9,11-13,18H,4-5,10,14-15H2,1-3H3,(H,24,27)/t18-/m0/s1. The Labute approximate surface area is 171 Å². The smallest absolute Gasteiger partial charge is 0.253 e. The largest absolute Gasteiger partial charge is 0.489 e. The minimum absolute atomic E-state index is 0.00384. The number of nitrogens with zero attached hydrogens (tertiary/aromatic N) is 3. The average Bonchev–Trinajstić information content (AvgIpc) is 2.73. The van der Waals surface area contributed by atoms with Crippen molar-refractivity contribution in [1.82, 2.24) is 15.2 Å². The van der Waals surface area contributed by atoms with Crippen molar-refractivity contribution in [3.8, 4) is 5.75 Å². The summed E-state index contributed by atoms with van der Waals surface area (Å²) < 4.78 is 5.83. The summed E-state index contributed by atoms with van der Waals surface area (Å²) >= 11 is 0. The van der Waals surface area contributed by atoms with Gasteiger partial charge in [0.15, 0.2) is 0 Å². The van der Waals surface area contributed by atoms with Gasteiger partial charge in [-0.2, -0.15) is 0 Å². The first kappa shape index (κ1) is 20.6. The molecule has 0 aliphatic carbocycles. The molecule has 0 fully saturated rings. The number of rotatable bonds is 7. The van der Waals surface area contributed by atoms with Crippen molar-refractivity contribution in [2.75, 3.05) is 39.2 Å². The molecule has 0 unspecified atom stereocenters. The molecule has 1 aromatic heterocycles. The van der Waals surface area contributed by atoms with Crippen molar-refractivity contribution in [3.63, 3.8) is 0 Å². The fourth-order valence-electron chi connectivity index (χ4n) is 3.35. The predicted molar refractivity (Wildman–Crippen MR) is 112 cm³/mol. The van der Waals surface area contributed by atoms with Gasteiger partial charge in [0, 0.05) is 45.6 Å². The van der Waals surface area contributed by atoms with Gasteiger partial charge >= 0.3 is 0 Å².